The van der Waals surface area contributed by atoms with E-state index in [0.717, 1.165) is 12.5 Å². The van der Waals surface area contributed by atoms with Gasteiger partial charge in [-0.05, 0) is 55.6 Å². The lowest BCUT2D eigenvalue weighted by Crippen LogP contribution is -2.05. The molecule has 0 radical (unpaired) electrons. The van der Waals surface area contributed by atoms with Crippen molar-refractivity contribution in [1.29, 1.82) is 0 Å². The fraction of sp³-hybridized carbons (Fsp3) is 0.263. The highest BCUT2D eigenvalue weighted by atomic mass is 35.5. The SMILES string of the molecule is NCCCCc1c(-c2cccc(F)c2)[nH]c2c(C(F)(F)F)cc(Cl)cc12. The topological polar surface area (TPSA) is 41.8 Å². The highest BCUT2D eigenvalue weighted by Gasteiger charge is 2.34. The van der Waals surface area contributed by atoms with Crippen molar-refractivity contribution in [2.45, 2.75) is 25.4 Å². The number of alkyl halides is 3. The summed E-state index contributed by atoms with van der Waals surface area (Å²) in [5, 5.41) is 0.413. The first-order valence-corrected chi connectivity index (χ1v) is 8.56. The van der Waals surface area contributed by atoms with Crippen LogP contribution in [0.15, 0.2) is 36.4 Å². The molecule has 0 aliphatic carbocycles. The molecule has 3 aromatic rings. The van der Waals surface area contributed by atoms with E-state index in [9.17, 15) is 17.6 Å². The Bertz CT molecular complexity index is 931. The van der Waals surface area contributed by atoms with Crippen LogP contribution in [0, 0.1) is 5.82 Å². The molecule has 26 heavy (non-hydrogen) atoms. The number of aromatic nitrogens is 1. The van der Waals surface area contributed by atoms with E-state index in [2.05, 4.69) is 4.98 Å². The normalized spacial score (nSPS) is 12.1. The number of hydrogen-bond donors (Lipinski definition) is 2. The Morgan fingerprint density at radius 2 is 1.85 bits per heavy atom. The van der Waals surface area contributed by atoms with Gasteiger partial charge in [0.05, 0.1) is 11.1 Å². The smallest absolute Gasteiger partial charge is 0.354 e. The summed E-state index contributed by atoms with van der Waals surface area (Å²) in [7, 11) is 0. The van der Waals surface area contributed by atoms with Gasteiger partial charge in [0, 0.05) is 21.7 Å². The van der Waals surface area contributed by atoms with E-state index in [1.807, 2.05) is 0 Å². The number of hydrogen-bond acceptors (Lipinski definition) is 1. The van der Waals surface area contributed by atoms with Crippen LogP contribution in [0.3, 0.4) is 0 Å². The zero-order valence-corrected chi connectivity index (χ0v) is 14.5. The highest BCUT2D eigenvalue weighted by molar-refractivity contribution is 6.31. The van der Waals surface area contributed by atoms with Crippen LogP contribution < -0.4 is 5.73 Å². The van der Waals surface area contributed by atoms with Gasteiger partial charge < -0.3 is 10.7 Å². The van der Waals surface area contributed by atoms with E-state index < -0.39 is 17.6 Å². The molecule has 0 amide bonds. The maximum Gasteiger partial charge on any atom is 0.418 e. The third-order valence-electron chi connectivity index (χ3n) is 4.28. The summed E-state index contributed by atoms with van der Waals surface area (Å²) in [5.74, 6) is -0.455. The molecule has 0 aliphatic rings. The predicted molar refractivity (Wildman–Crippen MR) is 95.7 cm³/mol. The summed E-state index contributed by atoms with van der Waals surface area (Å²) in [6.07, 6.45) is -2.59. The molecule has 7 heteroatoms. The molecule has 1 aromatic heterocycles. The van der Waals surface area contributed by atoms with Gasteiger partial charge in [-0.3, -0.25) is 0 Å². The van der Waals surface area contributed by atoms with Crippen molar-refractivity contribution in [3.8, 4) is 11.3 Å². The molecule has 2 nitrogen and oxygen atoms in total. The number of rotatable bonds is 5. The van der Waals surface area contributed by atoms with E-state index in [1.165, 1.54) is 24.3 Å². The van der Waals surface area contributed by atoms with E-state index in [4.69, 9.17) is 17.3 Å². The van der Waals surface area contributed by atoms with Crippen LogP contribution in [0.4, 0.5) is 17.6 Å². The van der Waals surface area contributed by atoms with E-state index in [0.29, 0.717) is 41.6 Å². The summed E-state index contributed by atoms with van der Waals surface area (Å²) >= 11 is 5.95. The van der Waals surface area contributed by atoms with Gasteiger partial charge in [0.1, 0.15) is 5.82 Å². The number of unbranched alkanes of at least 4 members (excludes halogenated alkanes) is 1. The summed E-state index contributed by atoms with van der Waals surface area (Å²) in [6, 6.07) is 8.19. The zero-order chi connectivity index (χ0) is 18.9. The summed E-state index contributed by atoms with van der Waals surface area (Å²) in [4.78, 5) is 2.86. The van der Waals surface area contributed by atoms with Gasteiger partial charge in [-0.2, -0.15) is 13.2 Å². The van der Waals surface area contributed by atoms with E-state index in [-0.39, 0.29) is 10.5 Å². The van der Waals surface area contributed by atoms with Gasteiger partial charge in [0.25, 0.3) is 0 Å². The molecule has 0 saturated heterocycles. The molecular weight excluding hydrogens is 368 g/mol. The first-order valence-electron chi connectivity index (χ1n) is 8.18. The number of nitrogens with one attached hydrogen (secondary N) is 1. The lowest BCUT2D eigenvalue weighted by atomic mass is 9.99. The minimum absolute atomic E-state index is 0.00897. The van der Waals surface area contributed by atoms with E-state index in [1.54, 1.807) is 6.07 Å². The number of aryl methyl sites for hydroxylation is 1. The molecule has 0 unspecified atom stereocenters. The van der Waals surface area contributed by atoms with Crippen molar-refractivity contribution in [3.05, 3.63) is 58.4 Å². The van der Waals surface area contributed by atoms with Crippen LogP contribution in [0.5, 0.6) is 0 Å². The van der Waals surface area contributed by atoms with Crippen molar-refractivity contribution in [2.75, 3.05) is 6.54 Å². The number of aromatic amines is 1. The van der Waals surface area contributed by atoms with Crippen LogP contribution in [0.25, 0.3) is 22.2 Å². The zero-order valence-electron chi connectivity index (χ0n) is 13.8. The monoisotopic (exact) mass is 384 g/mol. The second-order valence-corrected chi connectivity index (χ2v) is 6.54. The number of nitrogens with two attached hydrogens (primary N) is 1. The predicted octanol–water partition coefficient (Wildman–Crippen LogP) is 5.93. The van der Waals surface area contributed by atoms with Gasteiger partial charge in [-0.1, -0.05) is 23.7 Å². The van der Waals surface area contributed by atoms with Crippen molar-refractivity contribution >= 4 is 22.5 Å². The summed E-state index contributed by atoms with van der Waals surface area (Å²) < 4.78 is 54.0. The quantitative estimate of drug-likeness (QED) is 0.415. The number of halogens is 5. The molecule has 0 atom stereocenters. The first-order chi connectivity index (χ1) is 12.3. The molecule has 0 spiro atoms. The van der Waals surface area contributed by atoms with Gasteiger partial charge in [0.15, 0.2) is 0 Å². The van der Waals surface area contributed by atoms with Crippen molar-refractivity contribution in [2.24, 2.45) is 5.73 Å². The Labute approximate surface area is 153 Å². The Kier molecular flexibility index (Phi) is 5.25. The maximum absolute atomic E-state index is 13.6. The molecule has 0 bridgehead atoms. The fourth-order valence-electron chi connectivity index (χ4n) is 3.13. The molecule has 0 saturated carbocycles. The van der Waals surface area contributed by atoms with Crippen LogP contribution in [0.2, 0.25) is 5.02 Å². The maximum atomic E-state index is 13.6. The number of benzene rings is 2. The molecule has 2 aromatic carbocycles. The Morgan fingerprint density at radius 3 is 2.50 bits per heavy atom. The second-order valence-electron chi connectivity index (χ2n) is 6.11. The van der Waals surface area contributed by atoms with Crippen LogP contribution >= 0.6 is 11.6 Å². The first kappa shape index (κ1) is 18.7. The highest BCUT2D eigenvalue weighted by Crippen LogP contribution is 2.41. The molecule has 3 N–H and O–H groups in total. The minimum Gasteiger partial charge on any atom is -0.354 e. The Morgan fingerprint density at radius 1 is 1.08 bits per heavy atom. The Balaban J connectivity index is 2.27. The second kappa shape index (κ2) is 7.29. The summed E-state index contributed by atoms with van der Waals surface area (Å²) in [5.41, 5.74) is 6.32. The van der Waals surface area contributed by atoms with Gasteiger partial charge in [-0.25, -0.2) is 4.39 Å². The largest absolute Gasteiger partial charge is 0.418 e. The number of fused-ring (bicyclic) bond motifs is 1. The van der Waals surface area contributed by atoms with Crippen molar-refractivity contribution in [3.63, 3.8) is 0 Å². The van der Waals surface area contributed by atoms with E-state index >= 15 is 0 Å². The molecule has 1 heterocycles. The molecule has 138 valence electrons. The van der Waals surface area contributed by atoms with Gasteiger partial charge in [0.2, 0.25) is 0 Å². The molecular formula is C19H17ClF4N2. The number of H-pyrrole nitrogens is 1. The Hall–Kier alpha value is -2.05. The average molecular weight is 385 g/mol. The van der Waals surface area contributed by atoms with Crippen molar-refractivity contribution < 1.29 is 17.6 Å². The van der Waals surface area contributed by atoms with Crippen LogP contribution in [-0.4, -0.2) is 11.5 Å². The fourth-order valence-corrected chi connectivity index (χ4v) is 3.35. The molecule has 3 rings (SSSR count). The lowest BCUT2D eigenvalue weighted by molar-refractivity contribution is -0.136. The van der Waals surface area contributed by atoms with Gasteiger partial charge >= 0.3 is 6.18 Å². The lowest BCUT2D eigenvalue weighted by Gasteiger charge is -2.09. The van der Waals surface area contributed by atoms with Crippen molar-refractivity contribution in [1.82, 2.24) is 4.98 Å². The third-order valence-corrected chi connectivity index (χ3v) is 4.50. The van der Waals surface area contributed by atoms with Crippen LogP contribution in [0.1, 0.15) is 24.0 Å². The third kappa shape index (κ3) is 3.71. The molecule has 0 aliphatic heterocycles. The van der Waals surface area contributed by atoms with Crippen LogP contribution in [-0.2, 0) is 12.6 Å². The standard InChI is InChI=1S/C19H17ClF4N2/c20-12-9-15-14(6-1-2-7-25)17(11-4-3-5-13(21)8-11)26-18(15)16(10-12)19(22,23)24/h3-5,8-10,26H,1-2,6-7,25H2. The summed E-state index contributed by atoms with van der Waals surface area (Å²) in [6.45, 7) is 0.492. The molecule has 0 fully saturated rings. The minimum atomic E-state index is -4.55. The average Bonchev–Trinajstić information content (AvgIpc) is 2.92. The van der Waals surface area contributed by atoms with Gasteiger partial charge in [-0.15, -0.1) is 0 Å².